The van der Waals surface area contributed by atoms with E-state index in [4.69, 9.17) is 4.42 Å². The molecule has 0 amide bonds. The highest BCUT2D eigenvalue weighted by molar-refractivity contribution is 7.98. The Bertz CT molecular complexity index is 445. The van der Waals surface area contributed by atoms with Crippen molar-refractivity contribution in [3.63, 3.8) is 0 Å². The molecule has 2 heteroatoms. The number of thioether (sulfide) groups is 1. The Balaban J connectivity index is 2.44. The minimum Gasteiger partial charge on any atom is -0.461 e. The molecule has 0 atom stereocenters. The summed E-state index contributed by atoms with van der Waals surface area (Å²) in [6.07, 6.45) is 3.03. The maximum absolute atomic E-state index is 5.75. The predicted octanol–water partition coefficient (Wildman–Crippen LogP) is 4.23. The second kappa shape index (κ2) is 4.58. The second-order valence-electron chi connectivity index (χ2n) is 3.32. The van der Waals surface area contributed by atoms with Crippen molar-refractivity contribution in [1.29, 1.82) is 0 Å². The molecule has 1 aromatic heterocycles. The molecule has 0 radical (unpaired) electrons. The standard InChI is InChI=1S/C13H14OS/c1-3-10-8-9-12(14-10)11-6-4-5-7-13(11)15-2/h4-9H,3H2,1-2H3. The van der Waals surface area contributed by atoms with Crippen molar-refractivity contribution in [2.45, 2.75) is 18.2 Å². The molecule has 0 aliphatic carbocycles. The lowest BCUT2D eigenvalue weighted by atomic mass is 10.2. The molecule has 0 N–H and O–H groups in total. The van der Waals surface area contributed by atoms with Gasteiger partial charge >= 0.3 is 0 Å². The summed E-state index contributed by atoms with van der Waals surface area (Å²) in [5.41, 5.74) is 1.18. The van der Waals surface area contributed by atoms with E-state index in [1.54, 1.807) is 11.8 Å². The van der Waals surface area contributed by atoms with Crippen molar-refractivity contribution < 1.29 is 4.42 Å². The number of hydrogen-bond acceptors (Lipinski definition) is 2. The Morgan fingerprint density at radius 3 is 2.60 bits per heavy atom. The zero-order valence-corrected chi connectivity index (χ0v) is 9.80. The van der Waals surface area contributed by atoms with Crippen LogP contribution < -0.4 is 0 Å². The Hall–Kier alpha value is -1.15. The molecule has 0 saturated carbocycles. The van der Waals surface area contributed by atoms with Gasteiger partial charge in [-0.1, -0.05) is 25.1 Å². The third-order valence-electron chi connectivity index (χ3n) is 2.38. The fraction of sp³-hybridized carbons (Fsp3) is 0.231. The first-order valence-electron chi connectivity index (χ1n) is 5.07. The minimum atomic E-state index is 0.946. The molecule has 1 aromatic carbocycles. The molecule has 1 heterocycles. The summed E-state index contributed by atoms with van der Waals surface area (Å²) in [6, 6.07) is 12.4. The summed E-state index contributed by atoms with van der Waals surface area (Å²) in [6.45, 7) is 2.10. The predicted molar refractivity (Wildman–Crippen MR) is 65.3 cm³/mol. The molecule has 1 nitrogen and oxygen atoms in total. The molecule has 0 aliphatic heterocycles. The SMILES string of the molecule is CCc1ccc(-c2ccccc2SC)o1. The van der Waals surface area contributed by atoms with E-state index < -0.39 is 0 Å². The average Bonchev–Trinajstić information content (AvgIpc) is 2.77. The van der Waals surface area contributed by atoms with E-state index in [1.165, 1.54) is 10.5 Å². The molecule has 2 rings (SSSR count). The molecular formula is C13H14OS. The summed E-state index contributed by atoms with van der Waals surface area (Å²) in [7, 11) is 0. The minimum absolute atomic E-state index is 0.946. The maximum atomic E-state index is 5.75. The van der Waals surface area contributed by atoms with Crippen molar-refractivity contribution in [2.75, 3.05) is 6.26 Å². The smallest absolute Gasteiger partial charge is 0.135 e. The van der Waals surface area contributed by atoms with Crippen molar-refractivity contribution in [1.82, 2.24) is 0 Å². The molecule has 0 fully saturated rings. The highest BCUT2D eigenvalue weighted by atomic mass is 32.2. The Kier molecular flexibility index (Phi) is 3.17. The number of rotatable bonds is 3. The first kappa shape index (κ1) is 10.4. The van der Waals surface area contributed by atoms with Gasteiger partial charge in [0.05, 0.1) is 0 Å². The van der Waals surface area contributed by atoms with Gasteiger partial charge in [0.15, 0.2) is 0 Å². The van der Waals surface area contributed by atoms with Gasteiger partial charge in [-0.2, -0.15) is 0 Å². The third kappa shape index (κ3) is 2.10. The summed E-state index contributed by atoms with van der Waals surface area (Å²) < 4.78 is 5.75. The highest BCUT2D eigenvalue weighted by Gasteiger charge is 2.07. The Labute approximate surface area is 94.5 Å². The summed E-state index contributed by atoms with van der Waals surface area (Å²) in [4.78, 5) is 1.26. The van der Waals surface area contributed by atoms with Gasteiger partial charge in [0, 0.05) is 16.9 Å². The molecule has 78 valence electrons. The quantitative estimate of drug-likeness (QED) is 0.715. The van der Waals surface area contributed by atoms with Gasteiger partial charge in [-0.25, -0.2) is 0 Å². The van der Waals surface area contributed by atoms with Crippen LogP contribution in [0.4, 0.5) is 0 Å². The number of furan rings is 1. The van der Waals surface area contributed by atoms with E-state index in [9.17, 15) is 0 Å². The Morgan fingerprint density at radius 1 is 1.13 bits per heavy atom. The average molecular weight is 218 g/mol. The maximum Gasteiger partial charge on any atom is 0.135 e. The Morgan fingerprint density at radius 2 is 1.93 bits per heavy atom. The lowest BCUT2D eigenvalue weighted by molar-refractivity contribution is 0.528. The molecule has 0 saturated heterocycles. The van der Waals surface area contributed by atoms with Crippen molar-refractivity contribution in [3.8, 4) is 11.3 Å². The lowest BCUT2D eigenvalue weighted by Crippen LogP contribution is -1.78. The third-order valence-corrected chi connectivity index (χ3v) is 3.18. The van der Waals surface area contributed by atoms with E-state index >= 15 is 0 Å². The van der Waals surface area contributed by atoms with Crippen LogP contribution in [0.25, 0.3) is 11.3 Å². The molecule has 2 aromatic rings. The van der Waals surface area contributed by atoms with Gasteiger partial charge in [0.25, 0.3) is 0 Å². The molecule has 0 unspecified atom stereocenters. The van der Waals surface area contributed by atoms with Crippen LogP contribution in [0.5, 0.6) is 0 Å². The van der Waals surface area contributed by atoms with Gasteiger partial charge in [-0.3, -0.25) is 0 Å². The topological polar surface area (TPSA) is 13.1 Å². The largest absolute Gasteiger partial charge is 0.461 e. The fourth-order valence-electron chi connectivity index (χ4n) is 1.56. The highest BCUT2D eigenvalue weighted by Crippen LogP contribution is 2.31. The zero-order chi connectivity index (χ0) is 10.7. The van der Waals surface area contributed by atoms with Gasteiger partial charge in [-0.15, -0.1) is 11.8 Å². The van der Waals surface area contributed by atoms with Crippen LogP contribution in [0.1, 0.15) is 12.7 Å². The number of benzene rings is 1. The van der Waals surface area contributed by atoms with Crippen LogP contribution in [-0.4, -0.2) is 6.26 Å². The normalized spacial score (nSPS) is 10.5. The molecule has 0 bridgehead atoms. The second-order valence-corrected chi connectivity index (χ2v) is 4.17. The fourth-order valence-corrected chi connectivity index (χ4v) is 2.16. The van der Waals surface area contributed by atoms with Gasteiger partial charge in [0.2, 0.25) is 0 Å². The lowest BCUT2D eigenvalue weighted by Gasteiger charge is -2.03. The number of aryl methyl sites for hydroxylation is 1. The van der Waals surface area contributed by atoms with Gasteiger partial charge in [0.1, 0.15) is 11.5 Å². The van der Waals surface area contributed by atoms with Crippen LogP contribution in [0.3, 0.4) is 0 Å². The van der Waals surface area contributed by atoms with E-state index in [0.29, 0.717) is 0 Å². The van der Waals surface area contributed by atoms with E-state index in [0.717, 1.165) is 17.9 Å². The van der Waals surface area contributed by atoms with Gasteiger partial charge < -0.3 is 4.42 Å². The summed E-state index contributed by atoms with van der Waals surface area (Å²) in [5.74, 6) is 2.01. The first-order chi connectivity index (χ1) is 7.35. The first-order valence-corrected chi connectivity index (χ1v) is 6.29. The van der Waals surface area contributed by atoms with E-state index in [1.807, 2.05) is 18.2 Å². The van der Waals surface area contributed by atoms with Crippen LogP contribution in [0, 0.1) is 0 Å². The monoisotopic (exact) mass is 218 g/mol. The van der Waals surface area contributed by atoms with E-state index in [2.05, 4.69) is 31.4 Å². The molecule has 0 spiro atoms. The van der Waals surface area contributed by atoms with Crippen LogP contribution in [0.2, 0.25) is 0 Å². The van der Waals surface area contributed by atoms with Gasteiger partial charge in [-0.05, 0) is 24.5 Å². The molecule has 0 aliphatic rings. The van der Waals surface area contributed by atoms with Crippen LogP contribution in [0.15, 0.2) is 45.7 Å². The van der Waals surface area contributed by atoms with Crippen molar-refractivity contribution in [2.24, 2.45) is 0 Å². The van der Waals surface area contributed by atoms with Crippen LogP contribution >= 0.6 is 11.8 Å². The summed E-state index contributed by atoms with van der Waals surface area (Å²) >= 11 is 1.75. The van der Waals surface area contributed by atoms with E-state index in [-0.39, 0.29) is 0 Å². The van der Waals surface area contributed by atoms with Crippen LogP contribution in [-0.2, 0) is 6.42 Å². The molecule has 15 heavy (non-hydrogen) atoms. The zero-order valence-electron chi connectivity index (χ0n) is 8.99. The summed E-state index contributed by atoms with van der Waals surface area (Å²) in [5, 5.41) is 0. The van der Waals surface area contributed by atoms with Crippen molar-refractivity contribution in [3.05, 3.63) is 42.2 Å². The molecular weight excluding hydrogens is 204 g/mol. The van der Waals surface area contributed by atoms with Crippen molar-refractivity contribution >= 4 is 11.8 Å². The number of hydrogen-bond donors (Lipinski definition) is 0.